The van der Waals surface area contributed by atoms with E-state index in [2.05, 4.69) is 10.3 Å². The highest BCUT2D eigenvalue weighted by Gasteiger charge is 2.09. The molecule has 0 aliphatic carbocycles. The third-order valence-corrected chi connectivity index (χ3v) is 1.46. The number of guanidine groups is 1. The second-order valence-electron chi connectivity index (χ2n) is 2.59. The Labute approximate surface area is 81.4 Å². The fraction of sp³-hybridized carbons (Fsp3) is 0.571. The Morgan fingerprint density at radius 1 is 1.71 bits per heavy atom. The van der Waals surface area contributed by atoms with Crippen LogP contribution in [0.1, 0.15) is 12.8 Å². The van der Waals surface area contributed by atoms with Crippen molar-refractivity contribution in [3.63, 3.8) is 0 Å². The summed E-state index contributed by atoms with van der Waals surface area (Å²) in [5.41, 5.74) is 10.5. The molecule has 0 rings (SSSR count). The van der Waals surface area contributed by atoms with Gasteiger partial charge in [-0.05, 0) is 12.8 Å². The number of aliphatic imine (C=N–C) groups is 1. The molecule has 0 fully saturated rings. The van der Waals surface area contributed by atoms with Crippen molar-refractivity contribution in [3.8, 4) is 6.19 Å². The second kappa shape index (κ2) is 6.68. The van der Waals surface area contributed by atoms with Gasteiger partial charge in [0.15, 0.2) is 6.19 Å². The molecule has 0 bridgehead atoms. The predicted octanol–water partition coefficient (Wildman–Crippen LogP) is -1.44. The van der Waals surface area contributed by atoms with Crippen LogP contribution in [0.3, 0.4) is 0 Å². The quantitative estimate of drug-likeness (QED) is 0.141. The van der Waals surface area contributed by atoms with Crippen LogP contribution in [0.2, 0.25) is 0 Å². The predicted molar refractivity (Wildman–Crippen MR) is 50.1 cm³/mol. The van der Waals surface area contributed by atoms with Gasteiger partial charge in [-0.3, -0.25) is 15.1 Å². The number of nitrogens with two attached hydrogens (primary N) is 2. The number of carbonyl (C=O) groups is 1. The smallest absolute Gasteiger partial charge is 0.320 e. The first-order chi connectivity index (χ1) is 6.57. The number of aliphatic carboxylic acids is 1. The lowest BCUT2D eigenvalue weighted by atomic mass is 10.2. The Balaban J connectivity index is 3.61. The highest BCUT2D eigenvalue weighted by molar-refractivity contribution is 5.79. The molecule has 78 valence electrons. The molecule has 0 saturated heterocycles. The molecule has 0 aromatic heterocycles. The van der Waals surface area contributed by atoms with Crippen molar-refractivity contribution in [2.24, 2.45) is 16.5 Å². The zero-order chi connectivity index (χ0) is 11.0. The molecule has 0 aromatic rings. The van der Waals surface area contributed by atoms with Gasteiger partial charge in [0.05, 0.1) is 0 Å². The lowest BCUT2D eigenvalue weighted by Crippen LogP contribution is -2.30. The minimum absolute atomic E-state index is 0.0244. The zero-order valence-electron chi connectivity index (χ0n) is 7.60. The van der Waals surface area contributed by atoms with E-state index in [1.54, 1.807) is 6.19 Å². The van der Waals surface area contributed by atoms with Crippen LogP contribution in [0.5, 0.6) is 0 Å². The number of rotatable bonds is 5. The summed E-state index contributed by atoms with van der Waals surface area (Å²) in [4.78, 5) is 14.0. The maximum Gasteiger partial charge on any atom is 0.320 e. The average molecular weight is 199 g/mol. The number of carboxylic acid groups (broad SMARTS) is 1. The van der Waals surface area contributed by atoms with Crippen LogP contribution in [0.15, 0.2) is 4.99 Å². The van der Waals surface area contributed by atoms with Crippen molar-refractivity contribution < 1.29 is 9.90 Å². The monoisotopic (exact) mass is 199 g/mol. The molecule has 0 saturated carbocycles. The zero-order valence-corrected chi connectivity index (χ0v) is 7.60. The highest BCUT2D eigenvalue weighted by Crippen LogP contribution is 1.94. The molecule has 0 heterocycles. The lowest BCUT2D eigenvalue weighted by molar-refractivity contribution is -0.138. The Hall–Kier alpha value is -1.81. The molecule has 0 radical (unpaired) electrons. The average Bonchev–Trinajstić information content (AvgIpc) is 2.12. The highest BCUT2D eigenvalue weighted by atomic mass is 16.4. The molecule has 0 spiro atoms. The molecule has 0 aliphatic rings. The first kappa shape index (κ1) is 12.2. The van der Waals surface area contributed by atoms with E-state index in [0.29, 0.717) is 19.4 Å². The van der Waals surface area contributed by atoms with Crippen LogP contribution < -0.4 is 16.8 Å². The van der Waals surface area contributed by atoms with E-state index in [0.717, 1.165) is 0 Å². The van der Waals surface area contributed by atoms with Gasteiger partial charge in [-0.1, -0.05) is 0 Å². The van der Waals surface area contributed by atoms with Gasteiger partial charge in [-0.2, -0.15) is 5.26 Å². The van der Waals surface area contributed by atoms with Crippen LogP contribution in [-0.4, -0.2) is 29.6 Å². The molecule has 7 heteroatoms. The van der Waals surface area contributed by atoms with Crippen LogP contribution in [0, 0.1) is 11.5 Å². The summed E-state index contributed by atoms with van der Waals surface area (Å²) in [5, 5.41) is 18.7. The number of nitrogens with zero attached hydrogens (tertiary/aromatic N) is 2. The van der Waals surface area contributed by atoms with E-state index in [4.69, 9.17) is 21.8 Å². The first-order valence-electron chi connectivity index (χ1n) is 4.01. The number of carboxylic acids is 1. The van der Waals surface area contributed by atoms with Crippen molar-refractivity contribution in [1.82, 2.24) is 5.32 Å². The van der Waals surface area contributed by atoms with Crippen molar-refractivity contribution in [2.45, 2.75) is 18.9 Å². The van der Waals surface area contributed by atoms with E-state index in [9.17, 15) is 4.79 Å². The van der Waals surface area contributed by atoms with Gasteiger partial charge in [0.1, 0.15) is 6.04 Å². The van der Waals surface area contributed by atoms with Crippen LogP contribution >= 0.6 is 0 Å². The molecular formula is C7H13N5O2. The third-order valence-electron chi connectivity index (χ3n) is 1.46. The Kier molecular flexibility index (Phi) is 5.82. The SMILES string of the molecule is N#CNC(N)=NCCC[C@H](N)C(=O)O. The third kappa shape index (κ3) is 5.79. The minimum atomic E-state index is -1.03. The molecule has 0 aliphatic heterocycles. The number of nitriles is 1. The Morgan fingerprint density at radius 3 is 2.86 bits per heavy atom. The summed E-state index contributed by atoms with van der Waals surface area (Å²) in [5.74, 6) is -1.01. The molecule has 0 aromatic carbocycles. The van der Waals surface area contributed by atoms with Gasteiger partial charge in [0, 0.05) is 6.54 Å². The minimum Gasteiger partial charge on any atom is -0.480 e. The summed E-state index contributed by atoms with van der Waals surface area (Å²) >= 11 is 0. The van der Waals surface area contributed by atoms with Crippen molar-refractivity contribution in [1.29, 1.82) is 5.26 Å². The van der Waals surface area contributed by atoms with Gasteiger partial charge < -0.3 is 16.6 Å². The van der Waals surface area contributed by atoms with Crippen LogP contribution in [0.4, 0.5) is 0 Å². The molecular weight excluding hydrogens is 186 g/mol. The van der Waals surface area contributed by atoms with Crippen molar-refractivity contribution in [3.05, 3.63) is 0 Å². The first-order valence-corrected chi connectivity index (χ1v) is 4.01. The summed E-state index contributed by atoms with van der Waals surface area (Å²) < 4.78 is 0. The standard InChI is InChI=1S/C7H13N5O2/c8-4-12-7(10)11-3-1-2-5(9)6(13)14/h5H,1-3,9H2,(H,13,14)(H3,10,11,12)/t5-/m0/s1. The summed E-state index contributed by atoms with van der Waals surface area (Å²) in [6, 6.07) is -0.865. The maximum atomic E-state index is 10.3. The fourth-order valence-electron chi connectivity index (χ4n) is 0.731. The van der Waals surface area contributed by atoms with Gasteiger partial charge in [-0.15, -0.1) is 0 Å². The lowest BCUT2D eigenvalue weighted by Gasteiger charge is -2.03. The van der Waals surface area contributed by atoms with Gasteiger partial charge >= 0.3 is 5.97 Å². The van der Waals surface area contributed by atoms with Gasteiger partial charge in [-0.25, -0.2) is 0 Å². The van der Waals surface area contributed by atoms with E-state index < -0.39 is 12.0 Å². The largest absolute Gasteiger partial charge is 0.480 e. The second-order valence-corrected chi connectivity index (χ2v) is 2.59. The van der Waals surface area contributed by atoms with E-state index in [1.807, 2.05) is 0 Å². The molecule has 14 heavy (non-hydrogen) atoms. The molecule has 1 atom stereocenters. The van der Waals surface area contributed by atoms with E-state index in [-0.39, 0.29) is 5.96 Å². The van der Waals surface area contributed by atoms with E-state index in [1.165, 1.54) is 0 Å². The number of hydrogen-bond acceptors (Lipinski definition) is 4. The Bertz CT molecular complexity index is 257. The molecule has 7 nitrogen and oxygen atoms in total. The fourth-order valence-corrected chi connectivity index (χ4v) is 0.731. The summed E-state index contributed by atoms with van der Waals surface area (Å²) in [7, 11) is 0. The Morgan fingerprint density at radius 2 is 2.36 bits per heavy atom. The topological polar surface area (TPSA) is 138 Å². The van der Waals surface area contributed by atoms with Crippen LogP contribution in [-0.2, 0) is 4.79 Å². The van der Waals surface area contributed by atoms with E-state index >= 15 is 0 Å². The number of hydrogen-bond donors (Lipinski definition) is 4. The normalized spacial score (nSPS) is 13.0. The summed E-state index contributed by atoms with van der Waals surface area (Å²) in [6.45, 7) is 0.349. The van der Waals surface area contributed by atoms with Gasteiger partial charge in [0.2, 0.25) is 5.96 Å². The maximum absolute atomic E-state index is 10.3. The number of nitrogens with one attached hydrogen (secondary N) is 1. The molecule has 0 amide bonds. The van der Waals surface area contributed by atoms with Gasteiger partial charge in [0.25, 0.3) is 0 Å². The molecule has 0 unspecified atom stereocenters. The van der Waals surface area contributed by atoms with Crippen LogP contribution in [0.25, 0.3) is 0 Å². The summed E-state index contributed by atoms with van der Waals surface area (Å²) in [6.07, 6.45) is 2.46. The van der Waals surface area contributed by atoms with Crippen molar-refractivity contribution >= 4 is 11.9 Å². The van der Waals surface area contributed by atoms with Crippen molar-refractivity contribution in [2.75, 3.05) is 6.54 Å². The molecule has 6 N–H and O–H groups in total.